The number of amides is 1. The molecule has 6 nitrogen and oxygen atoms in total. The molecule has 1 amide bonds. The number of carbonyl (C=O) groups excluding carboxylic acids is 1. The van der Waals surface area contributed by atoms with E-state index in [-0.39, 0.29) is 12.0 Å². The molecular weight excluding hydrogens is 294 g/mol. The average molecular weight is 313 g/mol. The van der Waals surface area contributed by atoms with E-state index in [2.05, 4.69) is 15.5 Å². The summed E-state index contributed by atoms with van der Waals surface area (Å²) in [6.45, 7) is 3.85. The Bertz CT molecular complexity index is 685. The summed E-state index contributed by atoms with van der Waals surface area (Å²) >= 11 is 0. The number of pyridine rings is 1. The maximum Gasteiger partial charge on any atom is 0.271 e. The van der Waals surface area contributed by atoms with E-state index in [9.17, 15) is 4.79 Å². The maximum atomic E-state index is 12.1. The molecule has 0 aliphatic carbocycles. The first-order valence-electron chi connectivity index (χ1n) is 7.18. The SMILES string of the molecule is COc1cc(C(=O)N/N=C/c2ccncc2)ccc1OC(C)C. The lowest BCUT2D eigenvalue weighted by atomic mass is 10.2. The number of nitrogens with one attached hydrogen (secondary N) is 1. The predicted molar refractivity (Wildman–Crippen MR) is 88.1 cm³/mol. The van der Waals surface area contributed by atoms with Gasteiger partial charge in [0.2, 0.25) is 0 Å². The number of hydrogen-bond acceptors (Lipinski definition) is 5. The van der Waals surface area contributed by atoms with Crippen LogP contribution < -0.4 is 14.9 Å². The van der Waals surface area contributed by atoms with Gasteiger partial charge in [-0.1, -0.05) is 0 Å². The van der Waals surface area contributed by atoms with Gasteiger partial charge in [-0.2, -0.15) is 5.10 Å². The molecule has 0 spiro atoms. The molecule has 0 aliphatic heterocycles. The molecule has 1 N–H and O–H groups in total. The van der Waals surface area contributed by atoms with Crippen molar-refractivity contribution in [1.82, 2.24) is 10.4 Å². The Morgan fingerprint density at radius 1 is 1.22 bits per heavy atom. The van der Waals surface area contributed by atoms with Crippen molar-refractivity contribution in [2.75, 3.05) is 7.11 Å². The van der Waals surface area contributed by atoms with Gasteiger partial charge in [-0.3, -0.25) is 9.78 Å². The second kappa shape index (κ2) is 7.93. The second-order valence-electron chi connectivity index (χ2n) is 5.01. The van der Waals surface area contributed by atoms with Crippen LogP contribution >= 0.6 is 0 Å². The van der Waals surface area contributed by atoms with Crippen molar-refractivity contribution in [1.29, 1.82) is 0 Å². The van der Waals surface area contributed by atoms with Crippen LogP contribution in [0.4, 0.5) is 0 Å². The molecular formula is C17H19N3O3. The maximum absolute atomic E-state index is 12.1. The van der Waals surface area contributed by atoms with Crippen LogP contribution in [0.25, 0.3) is 0 Å². The molecule has 2 aromatic rings. The van der Waals surface area contributed by atoms with Gasteiger partial charge in [0.05, 0.1) is 19.4 Å². The third kappa shape index (κ3) is 4.81. The molecule has 23 heavy (non-hydrogen) atoms. The number of hydrazone groups is 1. The van der Waals surface area contributed by atoms with Crippen molar-refractivity contribution in [3.05, 3.63) is 53.9 Å². The highest BCUT2D eigenvalue weighted by Crippen LogP contribution is 2.28. The number of ether oxygens (including phenoxy) is 2. The molecule has 120 valence electrons. The molecule has 0 saturated heterocycles. The summed E-state index contributed by atoms with van der Waals surface area (Å²) in [5.41, 5.74) is 3.75. The van der Waals surface area contributed by atoms with Crippen molar-refractivity contribution in [3.63, 3.8) is 0 Å². The lowest BCUT2D eigenvalue weighted by Gasteiger charge is -2.14. The zero-order valence-corrected chi connectivity index (χ0v) is 13.3. The van der Waals surface area contributed by atoms with Crippen molar-refractivity contribution < 1.29 is 14.3 Å². The summed E-state index contributed by atoms with van der Waals surface area (Å²) in [6.07, 6.45) is 4.88. The Hall–Kier alpha value is -2.89. The molecule has 0 radical (unpaired) electrons. The van der Waals surface area contributed by atoms with E-state index in [0.29, 0.717) is 17.1 Å². The monoisotopic (exact) mass is 313 g/mol. The third-order valence-corrected chi connectivity index (χ3v) is 2.87. The van der Waals surface area contributed by atoms with E-state index in [1.54, 1.807) is 48.9 Å². The molecule has 6 heteroatoms. The molecule has 2 rings (SSSR count). The Balaban J connectivity index is 2.06. The number of methoxy groups -OCH3 is 1. The smallest absolute Gasteiger partial charge is 0.271 e. The molecule has 1 aromatic heterocycles. The van der Waals surface area contributed by atoms with Crippen LogP contribution in [0.1, 0.15) is 29.8 Å². The Morgan fingerprint density at radius 3 is 2.61 bits per heavy atom. The highest BCUT2D eigenvalue weighted by Gasteiger charge is 2.11. The number of hydrogen-bond donors (Lipinski definition) is 1. The summed E-state index contributed by atoms with van der Waals surface area (Å²) in [7, 11) is 1.53. The third-order valence-electron chi connectivity index (χ3n) is 2.87. The first-order valence-corrected chi connectivity index (χ1v) is 7.18. The zero-order chi connectivity index (χ0) is 16.7. The quantitative estimate of drug-likeness (QED) is 0.657. The number of carbonyl (C=O) groups is 1. The van der Waals surface area contributed by atoms with Crippen LogP contribution in [-0.2, 0) is 0 Å². The first kappa shape index (κ1) is 16.5. The van der Waals surface area contributed by atoms with Crippen LogP contribution in [0.2, 0.25) is 0 Å². The van der Waals surface area contributed by atoms with Gasteiger partial charge in [-0.05, 0) is 49.7 Å². The fraction of sp³-hybridized carbons (Fsp3) is 0.235. The lowest BCUT2D eigenvalue weighted by Crippen LogP contribution is -2.18. The molecule has 0 fully saturated rings. The Labute approximate surface area is 135 Å². The van der Waals surface area contributed by atoms with E-state index in [0.717, 1.165) is 5.56 Å². The summed E-state index contributed by atoms with van der Waals surface area (Å²) in [6, 6.07) is 8.57. The Kier molecular flexibility index (Phi) is 5.68. The van der Waals surface area contributed by atoms with E-state index in [1.165, 1.54) is 7.11 Å². The average Bonchev–Trinajstić information content (AvgIpc) is 2.55. The van der Waals surface area contributed by atoms with Gasteiger partial charge in [0, 0.05) is 18.0 Å². The van der Waals surface area contributed by atoms with E-state index >= 15 is 0 Å². The van der Waals surface area contributed by atoms with Gasteiger partial charge < -0.3 is 9.47 Å². The molecule has 0 aliphatic rings. The molecule has 1 heterocycles. The largest absolute Gasteiger partial charge is 0.493 e. The number of aromatic nitrogens is 1. The molecule has 0 atom stereocenters. The van der Waals surface area contributed by atoms with Crippen molar-refractivity contribution in [3.8, 4) is 11.5 Å². The van der Waals surface area contributed by atoms with Crippen LogP contribution in [-0.4, -0.2) is 30.3 Å². The van der Waals surface area contributed by atoms with E-state index in [4.69, 9.17) is 9.47 Å². The van der Waals surface area contributed by atoms with Gasteiger partial charge in [0.25, 0.3) is 5.91 Å². The highest BCUT2D eigenvalue weighted by molar-refractivity contribution is 5.95. The van der Waals surface area contributed by atoms with Crippen LogP contribution in [0.3, 0.4) is 0 Å². The van der Waals surface area contributed by atoms with Crippen LogP contribution in [0.5, 0.6) is 11.5 Å². The molecule has 0 unspecified atom stereocenters. The second-order valence-corrected chi connectivity index (χ2v) is 5.01. The normalized spacial score (nSPS) is 10.8. The topological polar surface area (TPSA) is 72.8 Å². The van der Waals surface area contributed by atoms with Crippen molar-refractivity contribution in [2.45, 2.75) is 20.0 Å². The number of rotatable bonds is 6. The predicted octanol–water partition coefficient (Wildman–Crippen LogP) is 2.64. The Morgan fingerprint density at radius 2 is 1.96 bits per heavy atom. The van der Waals surface area contributed by atoms with Crippen LogP contribution in [0, 0.1) is 0 Å². The minimum absolute atomic E-state index is 0.0218. The fourth-order valence-corrected chi connectivity index (χ4v) is 1.84. The van der Waals surface area contributed by atoms with Crippen LogP contribution in [0.15, 0.2) is 47.8 Å². The summed E-state index contributed by atoms with van der Waals surface area (Å²) < 4.78 is 10.9. The van der Waals surface area contributed by atoms with Crippen molar-refractivity contribution >= 4 is 12.1 Å². The summed E-state index contributed by atoms with van der Waals surface area (Å²) in [4.78, 5) is 16.0. The van der Waals surface area contributed by atoms with Crippen molar-refractivity contribution in [2.24, 2.45) is 5.10 Å². The minimum Gasteiger partial charge on any atom is -0.493 e. The lowest BCUT2D eigenvalue weighted by molar-refractivity contribution is 0.0954. The van der Waals surface area contributed by atoms with Gasteiger partial charge in [-0.25, -0.2) is 5.43 Å². The van der Waals surface area contributed by atoms with Gasteiger partial charge >= 0.3 is 0 Å². The number of nitrogens with zero attached hydrogens (tertiary/aromatic N) is 2. The minimum atomic E-state index is -0.329. The van der Waals surface area contributed by atoms with Gasteiger partial charge in [0.1, 0.15) is 0 Å². The standard InChI is InChI=1S/C17H19N3O3/c1-12(2)23-15-5-4-14(10-16(15)22-3)17(21)20-19-11-13-6-8-18-9-7-13/h4-12H,1-3H3,(H,20,21)/b19-11+. The number of benzene rings is 1. The highest BCUT2D eigenvalue weighted by atomic mass is 16.5. The van der Waals surface area contributed by atoms with Gasteiger partial charge in [0.15, 0.2) is 11.5 Å². The molecule has 1 aromatic carbocycles. The molecule has 0 saturated carbocycles. The zero-order valence-electron chi connectivity index (χ0n) is 13.3. The van der Waals surface area contributed by atoms with E-state index < -0.39 is 0 Å². The summed E-state index contributed by atoms with van der Waals surface area (Å²) in [5, 5.41) is 3.92. The fourth-order valence-electron chi connectivity index (χ4n) is 1.84. The first-order chi connectivity index (χ1) is 11.1. The van der Waals surface area contributed by atoms with Gasteiger partial charge in [-0.15, -0.1) is 0 Å². The summed E-state index contributed by atoms with van der Waals surface area (Å²) in [5.74, 6) is 0.772. The van der Waals surface area contributed by atoms with E-state index in [1.807, 2.05) is 13.8 Å². The molecule has 0 bridgehead atoms.